The van der Waals surface area contributed by atoms with Gasteiger partial charge in [-0.15, -0.1) is 0 Å². The van der Waals surface area contributed by atoms with E-state index in [1.54, 1.807) is 13.8 Å². The summed E-state index contributed by atoms with van der Waals surface area (Å²) < 4.78 is 62.7. The van der Waals surface area contributed by atoms with Crippen LogP contribution in [0.1, 0.15) is 19.4 Å². The van der Waals surface area contributed by atoms with Gasteiger partial charge in [0, 0.05) is 55.6 Å². The quantitative estimate of drug-likeness (QED) is 0.333. The van der Waals surface area contributed by atoms with Crippen molar-refractivity contribution in [2.24, 2.45) is 5.92 Å². The standard InChI is InChI=1S/C20H27F2N5O4S2/c1-13(10-28)11-31-18-8-17(26-33(29,30)27-7-6-23-9-14(27)2)24-20(25-18)32-12-15-4-3-5-16(21)19(15)22/h3-5,8,13-14,23,28H,6-7,9-12H2,1-2H3,(H,24,25,26)/t13?,14-/m1/s1. The van der Waals surface area contributed by atoms with Crippen LogP contribution >= 0.6 is 11.8 Å². The molecule has 182 valence electrons. The van der Waals surface area contributed by atoms with Crippen LogP contribution in [0.15, 0.2) is 29.4 Å². The van der Waals surface area contributed by atoms with Crippen molar-refractivity contribution in [1.82, 2.24) is 19.6 Å². The molecule has 1 aromatic heterocycles. The number of thioether (sulfide) groups is 1. The minimum absolute atomic E-state index is 0.00963. The van der Waals surface area contributed by atoms with E-state index in [4.69, 9.17) is 4.74 Å². The van der Waals surface area contributed by atoms with Crippen molar-refractivity contribution in [1.29, 1.82) is 0 Å². The number of nitrogens with zero attached hydrogens (tertiary/aromatic N) is 3. The summed E-state index contributed by atoms with van der Waals surface area (Å²) in [7, 11) is -3.90. The normalized spacial score (nSPS) is 18.2. The molecule has 3 rings (SSSR count). The van der Waals surface area contributed by atoms with Gasteiger partial charge >= 0.3 is 10.2 Å². The first-order valence-corrected chi connectivity index (χ1v) is 12.8. The summed E-state index contributed by atoms with van der Waals surface area (Å²) in [5.74, 6) is -1.96. The number of anilines is 1. The second-order valence-electron chi connectivity index (χ2n) is 7.75. The molecule has 33 heavy (non-hydrogen) atoms. The van der Waals surface area contributed by atoms with Crippen molar-refractivity contribution in [3.05, 3.63) is 41.5 Å². The summed E-state index contributed by atoms with van der Waals surface area (Å²) in [6.07, 6.45) is 0. The molecule has 1 aliphatic heterocycles. The number of aliphatic hydroxyl groups excluding tert-OH is 1. The number of halogens is 2. The molecule has 1 saturated heterocycles. The molecule has 2 atom stereocenters. The van der Waals surface area contributed by atoms with Crippen LogP contribution < -0.4 is 14.8 Å². The Bertz CT molecular complexity index is 1060. The Hall–Kier alpha value is -2.06. The van der Waals surface area contributed by atoms with Crippen molar-refractivity contribution in [2.45, 2.75) is 30.8 Å². The zero-order valence-corrected chi connectivity index (χ0v) is 19.9. The predicted octanol–water partition coefficient (Wildman–Crippen LogP) is 2.00. The Balaban J connectivity index is 1.83. The summed E-state index contributed by atoms with van der Waals surface area (Å²) in [5, 5.41) is 12.5. The van der Waals surface area contributed by atoms with E-state index in [0.29, 0.717) is 19.6 Å². The average Bonchev–Trinajstić information content (AvgIpc) is 2.78. The number of aromatic nitrogens is 2. The molecule has 1 unspecified atom stereocenters. The van der Waals surface area contributed by atoms with E-state index in [1.165, 1.54) is 22.5 Å². The van der Waals surface area contributed by atoms with Gasteiger partial charge in [-0.25, -0.2) is 13.8 Å². The third-order valence-corrected chi connectivity index (χ3v) is 7.40. The lowest BCUT2D eigenvalue weighted by molar-refractivity contribution is 0.170. The minimum atomic E-state index is -3.90. The van der Waals surface area contributed by atoms with Gasteiger partial charge in [0.05, 0.1) is 6.61 Å². The Morgan fingerprint density at radius 3 is 2.91 bits per heavy atom. The summed E-state index contributed by atoms with van der Waals surface area (Å²) in [5.41, 5.74) is 0.126. The number of nitrogens with one attached hydrogen (secondary N) is 2. The largest absolute Gasteiger partial charge is 0.477 e. The highest BCUT2D eigenvalue weighted by Gasteiger charge is 2.30. The van der Waals surface area contributed by atoms with E-state index in [-0.39, 0.29) is 53.3 Å². The molecule has 0 spiro atoms. The van der Waals surface area contributed by atoms with Gasteiger partial charge in [0.25, 0.3) is 0 Å². The van der Waals surface area contributed by atoms with Crippen LogP contribution in [0.4, 0.5) is 14.6 Å². The molecule has 3 N–H and O–H groups in total. The highest BCUT2D eigenvalue weighted by Crippen LogP contribution is 2.26. The van der Waals surface area contributed by atoms with Gasteiger partial charge in [0.2, 0.25) is 5.88 Å². The Morgan fingerprint density at radius 2 is 2.18 bits per heavy atom. The van der Waals surface area contributed by atoms with Crippen molar-refractivity contribution >= 4 is 27.8 Å². The number of aliphatic hydroxyl groups is 1. The first-order valence-electron chi connectivity index (χ1n) is 10.4. The Morgan fingerprint density at radius 1 is 1.39 bits per heavy atom. The number of piperazine rings is 1. The number of rotatable bonds is 10. The van der Waals surface area contributed by atoms with Crippen molar-refractivity contribution in [3.63, 3.8) is 0 Å². The lowest BCUT2D eigenvalue weighted by Crippen LogP contribution is -2.53. The molecule has 1 aliphatic rings. The number of ether oxygens (including phenoxy) is 1. The molecule has 0 amide bonds. The predicted molar refractivity (Wildman–Crippen MR) is 121 cm³/mol. The Labute approximate surface area is 196 Å². The van der Waals surface area contributed by atoms with E-state index in [2.05, 4.69) is 20.0 Å². The van der Waals surface area contributed by atoms with Gasteiger partial charge in [0.15, 0.2) is 16.8 Å². The van der Waals surface area contributed by atoms with E-state index in [1.807, 2.05) is 0 Å². The minimum Gasteiger partial charge on any atom is -0.477 e. The van der Waals surface area contributed by atoms with Crippen LogP contribution in [0.5, 0.6) is 5.88 Å². The molecule has 0 radical (unpaired) electrons. The van der Waals surface area contributed by atoms with Crippen LogP contribution in [0.25, 0.3) is 0 Å². The maximum atomic E-state index is 14.0. The van der Waals surface area contributed by atoms with Gasteiger partial charge in [-0.2, -0.15) is 17.7 Å². The molecule has 13 heteroatoms. The molecule has 0 saturated carbocycles. The Kier molecular flexibility index (Phi) is 8.82. The monoisotopic (exact) mass is 503 g/mol. The van der Waals surface area contributed by atoms with Gasteiger partial charge in [0.1, 0.15) is 5.82 Å². The zero-order valence-electron chi connectivity index (χ0n) is 18.3. The van der Waals surface area contributed by atoms with Gasteiger partial charge in [-0.1, -0.05) is 30.8 Å². The van der Waals surface area contributed by atoms with Crippen LogP contribution in [-0.2, 0) is 16.0 Å². The van der Waals surface area contributed by atoms with Gasteiger partial charge < -0.3 is 15.2 Å². The first-order chi connectivity index (χ1) is 15.7. The number of benzene rings is 1. The summed E-state index contributed by atoms with van der Waals surface area (Å²) in [4.78, 5) is 8.46. The smallest absolute Gasteiger partial charge is 0.303 e. The SMILES string of the molecule is CC(CO)COc1cc(NS(=O)(=O)N2CCNC[C@H]2C)nc(SCc2cccc(F)c2F)n1. The van der Waals surface area contributed by atoms with E-state index < -0.39 is 21.8 Å². The summed E-state index contributed by atoms with van der Waals surface area (Å²) in [6, 6.07) is 4.98. The third kappa shape index (κ3) is 6.96. The molecular formula is C20H27F2N5O4S2. The van der Waals surface area contributed by atoms with Gasteiger partial charge in [-0.05, 0) is 13.0 Å². The molecule has 1 fully saturated rings. The lowest BCUT2D eigenvalue weighted by Gasteiger charge is -2.32. The van der Waals surface area contributed by atoms with Crippen LogP contribution in [0.3, 0.4) is 0 Å². The van der Waals surface area contributed by atoms with Crippen LogP contribution in [0.2, 0.25) is 0 Å². The first kappa shape index (κ1) is 25.6. The maximum Gasteiger partial charge on any atom is 0.303 e. The van der Waals surface area contributed by atoms with Gasteiger partial charge in [-0.3, -0.25) is 4.72 Å². The number of hydrogen-bond donors (Lipinski definition) is 3. The molecule has 0 bridgehead atoms. The lowest BCUT2D eigenvalue weighted by atomic mass is 10.2. The second-order valence-corrected chi connectivity index (χ2v) is 10.3. The topological polar surface area (TPSA) is 117 Å². The van der Waals surface area contributed by atoms with E-state index >= 15 is 0 Å². The van der Waals surface area contributed by atoms with Crippen molar-refractivity contribution < 1.29 is 27.0 Å². The maximum absolute atomic E-state index is 14.0. The van der Waals surface area contributed by atoms with Crippen LogP contribution in [0, 0.1) is 17.6 Å². The van der Waals surface area contributed by atoms with Crippen LogP contribution in [-0.4, -0.2) is 66.7 Å². The second kappa shape index (κ2) is 11.4. The fourth-order valence-corrected chi connectivity index (χ4v) is 5.24. The highest BCUT2D eigenvalue weighted by molar-refractivity contribution is 7.98. The average molecular weight is 504 g/mol. The summed E-state index contributed by atoms with van der Waals surface area (Å²) in [6.45, 7) is 4.99. The molecule has 1 aromatic carbocycles. The molecule has 0 aliphatic carbocycles. The van der Waals surface area contributed by atoms with Crippen molar-refractivity contribution in [2.75, 3.05) is 37.6 Å². The number of hydrogen-bond acceptors (Lipinski definition) is 8. The molecular weight excluding hydrogens is 476 g/mol. The highest BCUT2D eigenvalue weighted by atomic mass is 32.2. The zero-order chi connectivity index (χ0) is 24.0. The molecule has 9 nitrogen and oxygen atoms in total. The van der Waals surface area contributed by atoms with E-state index in [9.17, 15) is 22.3 Å². The molecule has 2 aromatic rings. The fraction of sp³-hybridized carbons (Fsp3) is 0.500. The van der Waals surface area contributed by atoms with Crippen molar-refractivity contribution in [3.8, 4) is 5.88 Å². The van der Waals surface area contributed by atoms with E-state index in [0.717, 1.165) is 17.8 Å². The summed E-state index contributed by atoms with van der Waals surface area (Å²) >= 11 is 1.01. The third-order valence-electron chi connectivity index (χ3n) is 4.88. The molecule has 2 heterocycles. The fourth-order valence-electron chi connectivity index (χ4n) is 3.05.